The predicted molar refractivity (Wildman–Crippen MR) is 90.7 cm³/mol. The molecule has 0 saturated heterocycles. The molecule has 0 N–H and O–H groups in total. The van der Waals surface area contributed by atoms with Crippen molar-refractivity contribution in [3.63, 3.8) is 0 Å². The molecule has 2 heterocycles. The van der Waals surface area contributed by atoms with E-state index in [-0.39, 0.29) is 18.0 Å². The summed E-state index contributed by atoms with van der Waals surface area (Å²) in [6.07, 6.45) is -1.10. The quantitative estimate of drug-likeness (QED) is 0.276. The summed E-state index contributed by atoms with van der Waals surface area (Å²) in [5.74, 6) is -1.15. The van der Waals surface area contributed by atoms with Crippen LogP contribution in [0.2, 0.25) is 0 Å². The summed E-state index contributed by atoms with van der Waals surface area (Å²) in [6.45, 7) is -0.204. The normalized spacial score (nSPS) is 11.0. The van der Waals surface area contributed by atoms with E-state index in [1.807, 2.05) is 0 Å². The zero-order valence-electron chi connectivity index (χ0n) is 14.0. The number of halogens is 3. The van der Waals surface area contributed by atoms with Crippen LogP contribution in [0.4, 0.5) is 18.9 Å². The molecule has 0 fully saturated rings. The van der Waals surface area contributed by atoms with Gasteiger partial charge < -0.3 is 4.74 Å². The van der Waals surface area contributed by atoms with E-state index in [0.717, 1.165) is 6.20 Å². The van der Waals surface area contributed by atoms with Crippen LogP contribution in [0, 0.1) is 0 Å². The summed E-state index contributed by atoms with van der Waals surface area (Å²) in [5.41, 5.74) is 7.27. The minimum Gasteiger partial charge on any atom is -0.457 e. The van der Waals surface area contributed by atoms with E-state index >= 15 is 0 Å². The highest BCUT2D eigenvalue weighted by atomic mass is 19.4. The fraction of sp³-hybridized carbons (Fsp3) is 0.118. The van der Waals surface area contributed by atoms with Crippen molar-refractivity contribution in [3.8, 4) is 5.69 Å². The Balaban J connectivity index is 1.92. The Hall–Kier alpha value is -3.85. The van der Waals surface area contributed by atoms with E-state index in [4.69, 9.17) is 10.3 Å². The second kappa shape index (κ2) is 7.80. The molecule has 0 spiro atoms. The molecule has 3 aromatic rings. The van der Waals surface area contributed by atoms with Crippen LogP contribution >= 0.6 is 0 Å². The third-order valence-corrected chi connectivity index (χ3v) is 3.63. The van der Waals surface area contributed by atoms with Crippen LogP contribution in [0.1, 0.15) is 21.6 Å². The summed E-state index contributed by atoms with van der Waals surface area (Å²) >= 11 is 0. The van der Waals surface area contributed by atoms with Crippen LogP contribution < -0.4 is 0 Å². The van der Waals surface area contributed by atoms with Gasteiger partial charge in [0.05, 0.1) is 11.9 Å². The van der Waals surface area contributed by atoms with E-state index in [1.54, 1.807) is 12.1 Å². The number of pyridine rings is 1. The van der Waals surface area contributed by atoms with E-state index in [2.05, 4.69) is 20.1 Å². The number of aromatic nitrogens is 3. The lowest BCUT2D eigenvalue weighted by molar-refractivity contribution is -0.143. The summed E-state index contributed by atoms with van der Waals surface area (Å²) in [7, 11) is 0. The number of benzene rings is 1. The zero-order valence-corrected chi connectivity index (χ0v) is 14.0. The number of carbonyl (C=O) groups excluding carboxylic acids is 1. The van der Waals surface area contributed by atoms with Crippen LogP contribution in [-0.4, -0.2) is 20.7 Å². The van der Waals surface area contributed by atoms with Gasteiger partial charge in [0.25, 0.3) is 0 Å². The highest BCUT2D eigenvalue weighted by Crippen LogP contribution is 2.34. The van der Waals surface area contributed by atoms with E-state index in [9.17, 15) is 18.0 Å². The molecular formula is C17H11F3N6O2. The fourth-order valence-electron chi connectivity index (χ4n) is 2.38. The molecule has 11 heteroatoms. The number of esters is 1. The predicted octanol–water partition coefficient (Wildman–Crippen LogP) is 4.58. The van der Waals surface area contributed by atoms with Crippen LogP contribution in [0.5, 0.6) is 0 Å². The van der Waals surface area contributed by atoms with Gasteiger partial charge in [-0.3, -0.25) is 4.98 Å². The number of azide groups is 1. The van der Waals surface area contributed by atoms with Gasteiger partial charge in [0.2, 0.25) is 0 Å². The molecule has 142 valence electrons. The summed E-state index contributed by atoms with van der Waals surface area (Å²) in [5, 5.41) is 7.04. The standard InChI is InChI=1S/C17H11F3N6O2/c18-17(19,20)15-14(16(27)28-10-11-5-7-22-8-6-11)9-23-26(15)13-3-1-12(2-4-13)24-25-21/h1-9H,10H2. The third kappa shape index (κ3) is 4.10. The van der Waals surface area contributed by atoms with Crippen molar-refractivity contribution >= 4 is 11.7 Å². The van der Waals surface area contributed by atoms with Crippen LogP contribution in [0.25, 0.3) is 16.1 Å². The van der Waals surface area contributed by atoms with E-state index in [0.29, 0.717) is 10.2 Å². The fourth-order valence-corrected chi connectivity index (χ4v) is 2.38. The first-order valence-electron chi connectivity index (χ1n) is 7.77. The summed E-state index contributed by atoms with van der Waals surface area (Å²) < 4.78 is 46.4. The monoisotopic (exact) mass is 388 g/mol. The molecule has 0 amide bonds. The molecule has 0 bridgehead atoms. The van der Waals surface area contributed by atoms with Crippen LogP contribution in [-0.2, 0) is 17.5 Å². The smallest absolute Gasteiger partial charge is 0.434 e. The van der Waals surface area contributed by atoms with E-state index < -0.39 is 23.4 Å². The molecule has 0 atom stereocenters. The molecule has 2 aromatic heterocycles. The molecule has 3 rings (SSSR count). The average molecular weight is 388 g/mol. The van der Waals surface area contributed by atoms with Crippen molar-refractivity contribution in [1.82, 2.24) is 14.8 Å². The van der Waals surface area contributed by atoms with Crippen molar-refractivity contribution in [1.29, 1.82) is 0 Å². The number of carbonyl (C=O) groups is 1. The lowest BCUT2D eigenvalue weighted by Gasteiger charge is -2.12. The number of alkyl halides is 3. The Kier molecular flexibility index (Phi) is 5.28. The number of hydrogen-bond donors (Lipinski definition) is 0. The minimum atomic E-state index is -4.86. The lowest BCUT2D eigenvalue weighted by atomic mass is 10.2. The van der Waals surface area contributed by atoms with Gasteiger partial charge in [0.1, 0.15) is 12.2 Å². The first-order chi connectivity index (χ1) is 13.4. The van der Waals surface area contributed by atoms with Gasteiger partial charge in [0, 0.05) is 23.0 Å². The molecule has 8 nitrogen and oxygen atoms in total. The van der Waals surface area contributed by atoms with Gasteiger partial charge in [-0.05, 0) is 35.4 Å². The Morgan fingerprint density at radius 2 is 1.86 bits per heavy atom. The summed E-state index contributed by atoms with van der Waals surface area (Å²) in [4.78, 5) is 18.6. The number of hydrogen-bond acceptors (Lipinski definition) is 5. The second-order valence-electron chi connectivity index (χ2n) is 5.45. The van der Waals surface area contributed by atoms with Crippen LogP contribution in [0.15, 0.2) is 60.1 Å². The molecule has 0 unspecified atom stereocenters. The first kappa shape index (κ1) is 18.9. The molecule has 0 saturated carbocycles. The maximum absolute atomic E-state index is 13.6. The molecule has 0 aliphatic rings. The highest BCUT2D eigenvalue weighted by Gasteiger charge is 2.41. The maximum Gasteiger partial charge on any atom is 0.434 e. The SMILES string of the molecule is [N-]=[N+]=Nc1ccc(-n2ncc(C(=O)OCc3ccncc3)c2C(F)(F)F)cc1. The Morgan fingerprint density at radius 1 is 1.18 bits per heavy atom. The number of rotatable bonds is 5. The van der Waals surface area contributed by atoms with Crippen molar-refractivity contribution in [3.05, 3.63) is 82.3 Å². The van der Waals surface area contributed by atoms with Gasteiger partial charge in [-0.15, -0.1) is 0 Å². The molecule has 0 radical (unpaired) electrons. The van der Waals surface area contributed by atoms with Crippen molar-refractivity contribution in [2.75, 3.05) is 0 Å². The van der Waals surface area contributed by atoms with Gasteiger partial charge in [-0.25, -0.2) is 9.48 Å². The maximum atomic E-state index is 13.6. The molecular weight excluding hydrogens is 377 g/mol. The molecule has 1 aromatic carbocycles. The summed E-state index contributed by atoms with van der Waals surface area (Å²) in [6, 6.07) is 8.40. The van der Waals surface area contributed by atoms with Crippen molar-refractivity contribution in [2.45, 2.75) is 12.8 Å². The second-order valence-corrected chi connectivity index (χ2v) is 5.45. The van der Waals surface area contributed by atoms with Gasteiger partial charge in [0.15, 0.2) is 5.69 Å². The van der Waals surface area contributed by atoms with E-state index in [1.165, 1.54) is 36.7 Å². The van der Waals surface area contributed by atoms with Gasteiger partial charge >= 0.3 is 12.1 Å². The molecule has 0 aliphatic heterocycles. The lowest BCUT2D eigenvalue weighted by Crippen LogP contribution is -2.18. The zero-order chi connectivity index (χ0) is 20.1. The van der Waals surface area contributed by atoms with Crippen molar-refractivity contribution < 1.29 is 22.7 Å². The largest absolute Gasteiger partial charge is 0.457 e. The first-order valence-corrected chi connectivity index (χ1v) is 7.77. The molecule has 0 aliphatic carbocycles. The van der Waals surface area contributed by atoms with Gasteiger partial charge in [-0.2, -0.15) is 18.3 Å². The topological polar surface area (TPSA) is 106 Å². The highest BCUT2D eigenvalue weighted by molar-refractivity contribution is 5.90. The number of nitrogens with zero attached hydrogens (tertiary/aromatic N) is 6. The minimum absolute atomic E-state index is 0.0393. The third-order valence-electron chi connectivity index (χ3n) is 3.63. The Bertz CT molecular complexity index is 1030. The van der Waals surface area contributed by atoms with Crippen molar-refractivity contribution in [2.24, 2.45) is 5.11 Å². The van der Waals surface area contributed by atoms with Gasteiger partial charge in [-0.1, -0.05) is 17.2 Å². The number of ether oxygens (including phenoxy) is 1. The Labute approximate surface area is 155 Å². The van der Waals surface area contributed by atoms with Crippen LogP contribution in [0.3, 0.4) is 0 Å². The average Bonchev–Trinajstić information content (AvgIpc) is 3.14. The molecule has 28 heavy (non-hydrogen) atoms. The Morgan fingerprint density at radius 3 is 2.46 bits per heavy atom.